The van der Waals surface area contributed by atoms with E-state index in [-0.39, 0.29) is 12.6 Å². The van der Waals surface area contributed by atoms with Gasteiger partial charge in [-0.2, -0.15) is 10.2 Å². The van der Waals surface area contributed by atoms with Gasteiger partial charge in [-0.25, -0.2) is 0 Å². The molecule has 1 atom stereocenters. The molecule has 1 N–H and O–H groups in total. The highest BCUT2D eigenvalue weighted by Gasteiger charge is 2.13. The Kier molecular flexibility index (Phi) is 3.47. The summed E-state index contributed by atoms with van der Waals surface area (Å²) < 4.78 is 0. The summed E-state index contributed by atoms with van der Waals surface area (Å²) in [5, 5.41) is 16.9. The van der Waals surface area contributed by atoms with Crippen LogP contribution in [0, 0.1) is 0 Å². The lowest BCUT2D eigenvalue weighted by atomic mass is 10.0. The van der Waals surface area contributed by atoms with E-state index in [1.165, 1.54) is 5.56 Å². The number of aliphatic hydroxyl groups is 1. The van der Waals surface area contributed by atoms with Gasteiger partial charge in [-0.1, -0.05) is 37.6 Å². The van der Waals surface area contributed by atoms with Crippen LogP contribution in [0.25, 0.3) is 0 Å². The number of aryl methyl sites for hydroxylation is 1. The smallest absolute Gasteiger partial charge is 0.116 e. The van der Waals surface area contributed by atoms with Crippen molar-refractivity contribution in [2.75, 3.05) is 6.61 Å². The van der Waals surface area contributed by atoms with Gasteiger partial charge in [0, 0.05) is 0 Å². The second-order valence-electron chi connectivity index (χ2n) is 3.97. The molecule has 3 nitrogen and oxygen atoms in total. The van der Waals surface area contributed by atoms with Gasteiger partial charge in [0.1, 0.15) is 6.04 Å². The van der Waals surface area contributed by atoms with E-state index >= 15 is 0 Å². The molecule has 0 amide bonds. The molecule has 1 unspecified atom stereocenters. The normalized spacial score (nSPS) is 18.9. The van der Waals surface area contributed by atoms with E-state index in [4.69, 9.17) is 5.11 Å². The summed E-state index contributed by atoms with van der Waals surface area (Å²) in [6.45, 7) is 2.14. The number of hydrogen-bond donors (Lipinski definition) is 1. The van der Waals surface area contributed by atoms with E-state index in [0.29, 0.717) is 5.70 Å². The fourth-order valence-electron chi connectivity index (χ4n) is 1.80. The van der Waals surface area contributed by atoms with E-state index < -0.39 is 0 Å². The van der Waals surface area contributed by atoms with Gasteiger partial charge in [0.2, 0.25) is 0 Å². The second-order valence-corrected chi connectivity index (χ2v) is 3.97. The molecular formula is C13H16N2O. The Hall–Kier alpha value is -1.48. The van der Waals surface area contributed by atoms with Crippen LogP contribution in [0.15, 0.2) is 46.3 Å². The quantitative estimate of drug-likeness (QED) is 0.826. The monoisotopic (exact) mass is 216 g/mol. The van der Waals surface area contributed by atoms with Gasteiger partial charge in [0.05, 0.1) is 12.3 Å². The summed E-state index contributed by atoms with van der Waals surface area (Å²) in [6, 6.07) is 8.44. The van der Waals surface area contributed by atoms with Crippen molar-refractivity contribution in [3.05, 3.63) is 47.2 Å². The Bertz CT molecular complexity index is 406. The largest absolute Gasteiger partial charge is 0.390 e. The van der Waals surface area contributed by atoms with Crippen molar-refractivity contribution in [2.45, 2.75) is 25.8 Å². The predicted octanol–water partition coefficient (Wildman–Crippen LogP) is 3.02. The van der Waals surface area contributed by atoms with E-state index in [0.717, 1.165) is 18.4 Å². The van der Waals surface area contributed by atoms with Crippen molar-refractivity contribution in [3.8, 4) is 0 Å². The molecule has 0 fully saturated rings. The Labute approximate surface area is 95.5 Å². The number of aliphatic hydroxyl groups excluding tert-OH is 1. The molecule has 1 heterocycles. The van der Waals surface area contributed by atoms with E-state index in [9.17, 15) is 0 Å². The molecule has 2 rings (SSSR count). The maximum absolute atomic E-state index is 8.92. The van der Waals surface area contributed by atoms with Crippen LogP contribution in [0.1, 0.15) is 30.5 Å². The van der Waals surface area contributed by atoms with E-state index in [2.05, 4.69) is 41.4 Å². The first-order valence-electron chi connectivity index (χ1n) is 5.64. The third kappa shape index (κ3) is 2.36. The maximum atomic E-state index is 8.92. The Morgan fingerprint density at radius 3 is 2.56 bits per heavy atom. The predicted molar refractivity (Wildman–Crippen MR) is 63.2 cm³/mol. The summed E-state index contributed by atoms with van der Waals surface area (Å²) >= 11 is 0. The molecule has 0 saturated carbocycles. The van der Waals surface area contributed by atoms with Crippen LogP contribution in [-0.2, 0) is 6.42 Å². The van der Waals surface area contributed by atoms with E-state index in [1.807, 2.05) is 6.08 Å². The molecule has 1 aromatic carbocycles. The van der Waals surface area contributed by atoms with Crippen LogP contribution in [0.3, 0.4) is 0 Å². The van der Waals surface area contributed by atoms with E-state index in [1.54, 1.807) is 0 Å². The zero-order valence-corrected chi connectivity index (χ0v) is 9.43. The summed E-state index contributed by atoms with van der Waals surface area (Å²) in [5.74, 6) is 0. The van der Waals surface area contributed by atoms with Crippen molar-refractivity contribution in [1.82, 2.24) is 0 Å². The molecule has 0 aromatic heterocycles. The molecule has 0 spiro atoms. The Morgan fingerprint density at radius 2 is 2.00 bits per heavy atom. The highest BCUT2D eigenvalue weighted by Crippen LogP contribution is 2.27. The van der Waals surface area contributed by atoms with Crippen molar-refractivity contribution < 1.29 is 5.11 Å². The topological polar surface area (TPSA) is 45.0 Å². The third-order valence-corrected chi connectivity index (χ3v) is 2.68. The molecule has 16 heavy (non-hydrogen) atoms. The molecule has 1 aromatic rings. The van der Waals surface area contributed by atoms with Gasteiger partial charge in [0.15, 0.2) is 0 Å². The molecule has 0 saturated heterocycles. The number of benzene rings is 1. The zero-order chi connectivity index (χ0) is 11.4. The lowest BCUT2D eigenvalue weighted by Crippen LogP contribution is -1.91. The van der Waals surface area contributed by atoms with Crippen molar-refractivity contribution in [3.63, 3.8) is 0 Å². The summed E-state index contributed by atoms with van der Waals surface area (Å²) in [5.41, 5.74) is 3.14. The second kappa shape index (κ2) is 5.03. The first-order chi connectivity index (χ1) is 7.83. The number of rotatable bonds is 4. The average molecular weight is 216 g/mol. The van der Waals surface area contributed by atoms with Crippen molar-refractivity contribution in [2.24, 2.45) is 10.2 Å². The number of nitrogens with zero attached hydrogens (tertiary/aromatic N) is 2. The minimum atomic E-state index is -0.0338. The molecule has 1 aliphatic heterocycles. The van der Waals surface area contributed by atoms with Gasteiger partial charge < -0.3 is 5.11 Å². The minimum absolute atomic E-state index is 0.0159. The lowest BCUT2D eigenvalue weighted by molar-refractivity contribution is 0.329. The first kappa shape index (κ1) is 11.0. The van der Waals surface area contributed by atoms with Crippen molar-refractivity contribution >= 4 is 0 Å². The molecular weight excluding hydrogens is 200 g/mol. The van der Waals surface area contributed by atoms with Crippen LogP contribution < -0.4 is 0 Å². The summed E-state index contributed by atoms with van der Waals surface area (Å²) in [4.78, 5) is 0. The standard InChI is InChI=1S/C13H16N2O/c1-2-3-10-4-6-11(7-5-10)13-8-12(9-16)14-15-13/h4-8,13,16H,2-3,9H2,1H3. The highest BCUT2D eigenvalue weighted by molar-refractivity contribution is 5.30. The van der Waals surface area contributed by atoms with Crippen LogP contribution >= 0.6 is 0 Å². The summed E-state index contributed by atoms with van der Waals surface area (Å²) in [7, 11) is 0. The molecule has 84 valence electrons. The van der Waals surface area contributed by atoms with Gasteiger partial charge >= 0.3 is 0 Å². The van der Waals surface area contributed by atoms with Crippen LogP contribution in [-0.4, -0.2) is 11.7 Å². The molecule has 0 aliphatic carbocycles. The van der Waals surface area contributed by atoms with Crippen molar-refractivity contribution in [1.29, 1.82) is 0 Å². The summed E-state index contributed by atoms with van der Waals surface area (Å²) in [6.07, 6.45) is 4.18. The van der Waals surface area contributed by atoms with Crippen LogP contribution in [0.4, 0.5) is 0 Å². The minimum Gasteiger partial charge on any atom is -0.390 e. The molecule has 0 bridgehead atoms. The Balaban J connectivity index is 2.11. The number of hydrogen-bond acceptors (Lipinski definition) is 3. The Morgan fingerprint density at radius 1 is 1.25 bits per heavy atom. The maximum Gasteiger partial charge on any atom is 0.116 e. The van der Waals surface area contributed by atoms with Gasteiger partial charge in [0.25, 0.3) is 0 Å². The first-order valence-corrected chi connectivity index (χ1v) is 5.64. The average Bonchev–Trinajstić information content (AvgIpc) is 2.79. The molecule has 0 radical (unpaired) electrons. The van der Waals surface area contributed by atoms with Crippen LogP contribution in [0.5, 0.6) is 0 Å². The van der Waals surface area contributed by atoms with Gasteiger partial charge in [-0.15, -0.1) is 0 Å². The SMILES string of the molecule is CCCc1ccc(C2C=C(CO)N=N2)cc1. The number of azo groups is 1. The van der Waals surface area contributed by atoms with Gasteiger partial charge in [-0.3, -0.25) is 0 Å². The van der Waals surface area contributed by atoms with Gasteiger partial charge in [-0.05, 0) is 23.6 Å². The highest BCUT2D eigenvalue weighted by atomic mass is 16.3. The molecule has 3 heteroatoms. The van der Waals surface area contributed by atoms with Crippen LogP contribution in [0.2, 0.25) is 0 Å². The zero-order valence-electron chi connectivity index (χ0n) is 9.43. The molecule has 1 aliphatic rings. The lowest BCUT2D eigenvalue weighted by Gasteiger charge is -2.04. The fourth-order valence-corrected chi connectivity index (χ4v) is 1.80. The fraction of sp³-hybridized carbons (Fsp3) is 0.385. The third-order valence-electron chi connectivity index (χ3n) is 2.68.